The summed E-state index contributed by atoms with van der Waals surface area (Å²) in [4.78, 5) is 0. The van der Waals surface area contributed by atoms with E-state index >= 15 is 0 Å². The number of halogens is 1. The highest BCUT2D eigenvalue weighted by Crippen LogP contribution is 2.19. The second-order valence-electron chi connectivity index (χ2n) is 3.51. The maximum Gasteiger partial charge on any atom is 0.129 e. The average molecular weight is 196 g/mol. The molecule has 1 aromatic carbocycles. The summed E-state index contributed by atoms with van der Waals surface area (Å²) in [6, 6.07) is 4.94. The molecule has 76 valence electrons. The van der Waals surface area contributed by atoms with Crippen LogP contribution in [-0.4, -0.2) is 19.3 Å². The minimum atomic E-state index is -0.221. The standard InChI is InChI=1S/C11H13FO2/c1-8-2-3-9(6-11(8)12)14-10-4-5-13-7-10/h2-3,6,10H,4-5,7H2,1H3. The SMILES string of the molecule is Cc1ccc(OC2CCOC2)cc1F. The minimum absolute atomic E-state index is 0.0807. The fourth-order valence-electron chi connectivity index (χ4n) is 1.45. The molecule has 1 aromatic rings. The first-order chi connectivity index (χ1) is 6.75. The maximum atomic E-state index is 13.1. The zero-order chi connectivity index (χ0) is 9.97. The number of benzene rings is 1. The summed E-state index contributed by atoms with van der Waals surface area (Å²) < 4.78 is 23.9. The topological polar surface area (TPSA) is 18.5 Å². The third kappa shape index (κ3) is 2.04. The third-order valence-corrected chi connectivity index (χ3v) is 2.33. The summed E-state index contributed by atoms with van der Waals surface area (Å²) in [6.45, 7) is 3.08. The van der Waals surface area contributed by atoms with Crippen molar-refractivity contribution in [2.75, 3.05) is 13.2 Å². The molecular weight excluding hydrogens is 183 g/mol. The molecule has 14 heavy (non-hydrogen) atoms. The van der Waals surface area contributed by atoms with E-state index in [-0.39, 0.29) is 11.9 Å². The molecule has 0 radical (unpaired) electrons. The zero-order valence-corrected chi connectivity index (χ0v) is 8.13. The third-order valence-electron chi connectivity index (χ3n) is 2.33. The van der Waals surface area contributed by atoms with Crippen LogP contribution >= 0.6 is 0 Å². The first-order valence-corrected chi connectivity index (χ1v) is 4.76. The van der Waals surface area contributed by atoms with E-state index in [9.17, 15) is 4.39 Å². The summed E-state index contributed by atoms with van der Waals surface area (Å²) in [5.41, 5.74) is 0.639. The molecular formula is C11H13FO2. The lowest BCUT2D eigenvalue weighted by Crippen LogP contribution is -2.15. The summed E-state index contributed by atoms with van der Waals surface area (Å²) in [7, 11) is 0. The highest BCUT2D eigenvalue weighted by Gasteiger charge is 2.17. The highest BCUT2D eigenvalue weighted by molar-refractivity contribution is 5.28. The van der Waals surface area contributed by atoms with Crippen molar-refractivity contribution < 1.29 is 13.9 Å². The molecule has 1 fully saturated rings. The van der Waals surface area contributed by atoms with Crippen molar-refractivity contribution in [2.24, 2.45) is 0 Å². The highest BCUT2D eigenvalue weighted by atomic mass is 19.1. The summed E-state index contributed by atoms with van der Waals surface area (Å²) in [5.74, 6) is 0.366. The van der Waals surface area contributed by atoms with Crippen LogP contribution in [0.3, 0.4) is 0 Å². The number of rotatable bonds is 2. The Bertz CT molecular complexity index is 319. The first-order valence-electron chi connectivity index (χ1n) is 4.76. The Hall–Kier alpha value is -1.09. The number of hydrogen-bond donors (Lipinski definition) is 0. The summed E-state index contributed by atoms with van der Waals surface area (Å²) >= 11 is 0. The zero-order valence-electron chi connectivity index (χ0n) is 8.13. The van der Waals surface area contributed by atoms with E-state index < -0.39 is 0 Å². The van der Waals surface area contributed by atoms with Gasteiger partial charge in [-0.05, 0) is 18.6 Å². The summed E-state index contributed by atoms with van der Waals surface area (Å²) in [5, 5.41) is 0. The Balaban J connectivity index is 2.05. The van der Waals surface area contributed by atoms with Crippen molar-refractivity contribution in [1.29, 1.82) is 0 Å². The van der Waals surface area contributed by atoms with Crippen molar-refractivity contribution in [1.82, 2.24) is 0 Å². The van der Waals surface area contributed by atoms with Crippen LogP contribution in [0.2, 0.25) is 0 Å². The van der Waals surface area contributed by atoms with Crippen molar-refractivity contribution in [3.63, 3.8) is 0 Å². The minimum Gasteiger partial charge on any atom is -0.488 e. The lowest BCUT2D eigenvalue weighted by Gasteiger charge is -2.11. The lowest BCUT2D eigenvalue weighted by molar-refractivity contribution is 0.141. The van der Waals surface area contributed by atoms with Gasteiger partial charge in [-0.3, -0.25) is 0 Å². The molecule has 0 amide bonds. The van der Waals surface area contributed by atoms with Crippen LogP contribution in [-0.2, 0) is 4.74 Å². The van der Waals surface area contributed by atoms with Gasteiger partial charge in [0.25, 0.3) is 0 Å². The molecule has 0 N–H and O–H groups in total. The number of ether oxygens (including phenoxy) is 2. The molecule has 3 heteroatoms. The van der Waals surface area contributed by atoms with E-state index in [4.69, 9.17) is 9.47 Å². The van der Waals surface area contributed by atoms with Gasteiger partial charge in [0.15, 0.2) is 0 Å². The molecule has 1 unspecified atom stereocenters. The normalized spacial score (nSPS) is 21.1. The van der Waals surface area contributed by atoms with Crippen molar-refractivity contribution in [3.8, 4) is 5.75 Å². The van der Waals surface area contributed by atoms with Gasteiger partial charge in [0, 0.05) is 12.5 Å². The van der Waals surface area contributed by atoms with Crippen LogP contribution in [0.15, 0.2) is 18.2 Å². The summed E-state index contributed by atoms with van der Waals surface area (Å²) in [6.07, 6.45) is 0.965. The van der Waals surface area contributed by atoms with Crippen LogP contribution in [0.1, 0.15) is 12.0 Å². The number of hydrogen-bond acceptors (Lipinski definition) is 2. The van der Waals surface area contributed by atoms with Crippen molar-refractivity contribution >= 4 is 0 Å². The fraction of sp³-hybridized carbons (Fsp3) is 0.455. The first kappa shape index (κ1) is 9.46. The second-order valence-corrected chi connectivity index (χ2v) is 3.51. The molecule has 1 saturated heterocycles. The van der Waals surface area contributed by atoms with E-state index in [2.05, 4.69) is 0 Å². The molecule has 0 saturated carbocycles. The molecule has 0 aliphatic carbocycles. The Labute approximate surface area is 82.6 Å². The Morgan fingerprint density at radius 2 is 2.36 bits per heavy atom. The quantitative estimate of drug-likeness (QED) is 0.722. The van der Waals surface area contributed by atoms with E-state index in [0.29, 0.717) is 17.9 Å². The van der Waals surface area contributed by atoms with Gasteiger partial charge in [0.05, 0.1) is 13.2 Å². The van der Waals surface area contributed by atoms with Gasteiger partial charge in [-0.15, -0.1) is 0 Å². The average Bonchev–Trinajstić information content (AvgIpc) is 2.64. The number of aryl methyl sites for hydroxylation is 1. The molecule has 0 aromatic heterocycles. The van der Waals surface area contributed by atoms with Crippen LogP contribution < -0.4 is 4.74 Å². The predicted octanol–water partition coefficient (Wildman–Crippen LogP) is 2.30. The van der Waals surface area contributed by atoms with E-state index in [1.54, 1.807) is 19.1 Å². The Morgan fingerprint density at radius 3 is 3.00 bits per heavy atom. The van der Waals surface area contributed by atoms with E-state index in [1.165, 1.54) is 6.07 Å². The molecule has 0 spiro atoms. The van der Waals surface area contributed by atoms with Crippen LogP contribution in [0.4, 0.5) is 4.39 Å². The van der Waals surface area contributed by atoms with E-state index in [1.807, 2.05) is 0 Å². The second kappa shape index (κ2) is 3.96. The van der Waals surface area contributed by atoms with Gasteiger partial charge >= 0.3 is 0 Å². The molecule has 1 aliphatic heterocycles. The molecule has 1 atom stereocenters. The van der Waals surface area contributed by atoms with E-state index in [0.717, 1.165) is 13.0 Å². The van der Waals surface area contributed by atoms with Gasteiger partial charge in [-0.25, -0.2) is 4.39 Å². The van der Waals surface area contributed by atoms with Gasteiger partial charge in [0.2, 0.25) is 0 Å². The lowest BCUT2D eigenvalue weighted by atomic mass is 10.2. The van der Waals surface area contributed by atoms with Crippen LogP contribution in [0.25, 0.3) is 0 Å². The maximum absolute atomic E-state index is 13.1. The monoisotopic (exact) mass is 196 g/mol. The molecule has 0 bridgehead atoms. The van der Waals surface area contributed by atoms with Crippen LogP contribution in [0.5, 0.6) is 5.75 Å². The van der Waals surface area contributed by atoms with Crippen molar-refractivity contribution in [3.05, 3.63) is 29.6 Å². The van der Waals surface area contributed by atoms with Gasteiger partial charge in [0.1, 0.15) is 17.7 Å². The van der Waals surface area contributed by atoms with Gasteiger partial charge < -0.3 is 9.47 Å². The molecule has 1 heterocycles. The van der Waals surface area contributed by atoms with Crippen LogP contribution in [0, 0.1) is 12.7 Å². The van der Waals surface area contributed by atoms with Crippen molar-refractivity contribution in [2.45, 2.75) is 19.4 Å². The molecule has 2 rings (SSSR count). The predicted molar refractivity (Wildman–Crippen MR) is 51.0 cm³/mol. The fourth-order valence-corrected chi connectivity index (χ4v) is 1.45. The van der Waals surface area contributed by atoms with Gasteiger partial charge in [-0.1, -0.05) is 6.07 Å². The van der Waals surface area contributed by atoms with Gasteiger partial charge in [-0.2, -0.15) is 0 Å². The molecule has 2 nitrogen and oxygen atoms in total. The Kier molecular flexibility index (Phi) is 2.68. The smallest absolute Gasteiger partial charge is 0.129 e. The molecule has 1 aliphatic rings. The largest absolute Gasteiger partial charge is 0.488 e. The Morgan fingerprint density at radius 1 is 1.50 bits per heavy atom.